The van der Waals surface area contributed by atoms with Gasteiger partial charge < -0.3 is 10.1 Å². The topological polar surface area (TPSA) is 21.3 Å². The smallest absolute Gasteiger partial charge is 0.257 e. The Morgan fingerprint density at radius 2 is 1.78 bits per heavy atom. The van der Waals surface area contributed by atoms with Crippen LogP contribution in [0.25, 0.3) is 0 Å². The quantitative estimate of drug-likeness (QED) is 0.765. The van der Waals surface area contributed by atoms with Gasteiger partial charge in [0.1, 0.15) is 5.75 Å². The number of halogens is 2. The summed E-state index contributed by atoms with van der Waals surface area (Å²) >= 11 is 0. The first-order valence-electron chi connectivity index (χ1n) is 6.43. The lowest BCUT2D eigenvalue weighted by molar-refractivity contribution is 0.0984. The van der Waals surface area contributed by atoms with Gasteiger partial charge in [-0.3, -0.25) is 0 Å². The van der Waals surface area contributed by atoms with Crippen molar-refractivity contribution in [1.82, 2.24) is 5.32 Å². The van der Waals surface area contributed by atoms with E-state index in [1.54, 1.807) is 24.3 Å². The largest absolute Gasteiger partial charge is 0.494 e. The fourth-order valence-corrected chi connectivity index (χ4v) is 1.64. The van der Waals surface area contributed by atoms with Gasteiger partial charge in [0.05, 0.1) is 12.6 Å². The van der Waals surface area contributed by atoms with E-state index in [4.69, 9.17) is 4.74 Å². The van der Waals surface area contributed by atoms with Gasteiger partial charge in [-0.1, -0.05) is 26.0 Å². The average Bonchev–Trinajstić information content (AvgIpc) is 2.38. The number of hydrogen-bond acceptors (Lipinski definition) is 2. The molecule has 18 heavy (non-hydrogen) atoms. The normalized spacial score (nSPS) is 12.7. The van der Waals surface area contributed by atoms with Crippen LogP contribution in [0.15, 0.2) is 24.3 Å². The van der Waals surface area contributed by atoms with Crippen LogP contribution in [0.3, 0.4) is 0 Å². The molecule has 102 valence electrons. The molecule has 0 aliphatic rings. The molecule has 1 aromatic rings. The van der Waals surface area contributed by atoms with Gasteiger partial charge in [0, 0.05) is 0 Å². The third-order valence-corrected chi connectivity index (χ3v) is 2.58. The molecule has 0 bridgehead atoms. The van der Waals surface area contributed by atoms with E-state index in [2.05, 4.69) is 5.32 Å². The Hall–Kier alpha value is -1.16. The summed E-state index contributed by atoms with van der Waals surface area (Å²) in [6.07, 6.45) is -0.639. The van der Waals surface area contributed by atoms with E-state index >= 15 is 0 Å². The van der Waals surface area contributed by atoms with Crippen LogP contribution in [0.4, 0.5) is 8.78 Å². The summed E-state index contributed by atoms with van der Waals surface area (Å²) in [5.41, 5.74) is 0.599. The number of hydrogen-bond donors (Lipinski definition) is 1. The molecule has 1 atom stereocenters. The van der Waals surface area contributed by atoms with Crippen molar-refractivity contribution in [2.45, 2.75) is 39.2 Å². The molecule has 0 amide bonds. The Bertz CT molecular complexity index is 327. The zero-order chi connectivity index (χ0) is 13.4. The lowest BCUT2D eigenvalue weighted by atomic mass is 10.1. The second-order valence-electron chi connectivity index (χ2n) is 4.18. The fourth-order valence-electron chi connectivity index (χ4n) is 1.64. The Labute approximate surface area is 107 Å². The van der Waals surface area contributed by atoms with Crippen LogP contribution in [0.1, 0.15) is 38.3 Å². The highest BCUT2D eigenvalue weighted by Gasteiger charge is 2.21. The molecule has 2 nitrogen and oxygen atoms in total. The van der Waals surface area contributed by atoms with Crippen molar-refractivity contribution in [2.75, 3.05) is 13.2 Å². The number of ether oxygens (including phenoxy) is 1. The highest BCUT2D eigenvalue weighted by molar-refractivity contribution is 5.29. The molecule has 1 N–H and O–H groups in total. The molecule has 0 aromatic heterocycles. The molecule has 0 spiro atoms. The number of alkyl halides is 2. The summed E-state index contributed by atoms with van der Waals surface area (Å²) in [4.78, 5) is 0. The van der Waals surface area contributed by atoms with Gasteiger partial charge in [0.2, 0.25) is 0 Å². The highest BCUT2D eigenvalue weighted by Crippen LogP contribution is 2.23. The first kappa shape index (κ1) is 14.9. The van der Waals surface area contributed by atoms with Gasteiger partial charge >= 0.3 is 0 Å². The standard InChI is InChI=1S/C14H21F2NO/c1-3-9-17-13(14(15)16)11-5-7-12(8-6-11)18-10-4-2/h5-8,13-14,17H,3-4,9-10H2,1-2H3. The molecule has 0 aliphatic heterocycles. The van der Waals surface area contributed by atoms with Crippen LogP contribution in [0, 0.1) is 0 Å². The van der Waals surface area contributed by atoms with Crippen molar-refractivity contribution in [3.05, 3.63) is 29.8 Å². The zero-order valence-corrected chi connectivity index (χ0v) is 11.0. The third-order valence-electron chi connectivity index (χ3n) is 2.58. The molecule has 0 saturated heterocycles. The first-order valence-corrected chi connectivity index (χ1v) is 6.43. The van der Waals surface area contributed by atoms with Crippen molar-refractivity contribution in [3.8, 4) is 5.75 Å². The highest BCUT2D eigenvalue weighted by atomic mass is 19.3. The fraction of sp³-hybridized carbons (Fsp3) is 0.571. The number of nitrogens with one attached hydrogen (secondary N) is 1. The summed E-state index contributed by atoms with van der Waals surface area (Å²) in [5.74, 6) is 0.726. The predicted molar refractivity (Wildman–Crippen MR) is 69.3 cm³/mol. The second-order valence-corrected chi connectivity index (χ2v) is 4.18. The van der Waals surface area contributed by atoms with E-state index in [-0.39, 0.29) is 0 Å². The maximum atomic E-state index is 12.9. The van der Waals surface area contributed by atoms with Gasteiger partial charge in [-0.15, -0.1) is 0 Å². The van der Waals surface area contributed by atoms with Crippen LogP contribution in [0.5, 0.6) is 5.75 Å². The van der Waals surface area contributed by atoms with Crippen LogP contribution in [-0.4, -0.2) is 19.6 Å². The van der Waals surface area contributed by atoms with Crippen molar-refractivity contribution in [3.63, 3.8) is 0 Å². The minimum Gasteiger partial charge on any atom is -0.494 e. The Balaban J connectivity index is 2.67. The van der Waals surface area contributed by atoms with E-state index in [1.807, 2.05) is 13.8 Å². The van der Waals surface area contributed by atoms with Gasteiger partial charge in [-0.25, -0.2) is 8.78 Å². The summed E-state index contributed by atoms with van der Waals surface area (Å²) in [7, 11) is 0. The van der Waals surface area contributed by atoms with Crippen molar-refractivity contribution in [1.29, 1.82) is 0 Å². The van der Waals surface area contributed by atoms with Crippen LogP contribution < -0.4 is 10.1 Å². The van der Waals surface area contributed by atoms with Crippen LogP contribution >= 0.6 is 0 Å². The van der Waals surface area contributed by atoms with Crippen molar-refractivity contribution in [2.24, 2.45) is 0 Å². The molecule has 0 aliphatic carbocycles. The predicted octanol–water partition coefficient (Wildman–Crippen LogP) is 3.78. The number of rotatable bonds is 8. The summed E-state index contributed by atoms with van der Waals surface area (Å²) in [5, 5.41) is 2.86. The lowest BCUT2D eigenvalue weighted by Gasteiger charge is -2.18. The Kier molecular flexibility index (Phi) is 6.65. The van der Waals surface area contributed by atoms with E-state index in [0.29, 0.717) is 18.7 Å². The van der Waals surface area contributed by atoms with Gasteiger partial charge in [-0.05, 0) is 37.1 Å². The van der Waals surface area contributed by atoms with Gasteiger partial charge in [-0.2, -0.15) is 0 Å². The first-order chi connectivity index (χ1) is 8.69. The molecular weight excluding hydrogens is 236 g/mol. The van der Waals surface area contributed by atoms with E-state index in [0.717, 1.165) is 18.6 Å². The third kappa shape index (κ3) is 4.61. The van der Waals surface area contributed by atoms with E-state index < -0.39 is 12.5 Å². The lowest BCUT2D eigenvalue weighted by Crippen LogP contribution is -2.27. The summed E-state index contributed by atoms with van der Waals surface area (Å²) in [6.45, 7) is 5.21. The van der Waals surface area contributed by atoms with E-state index in [9.17, 15) is 8.78 Å². The second kappa shape index (κ2) is 8.03. The minimum absolute atomic E-state index is 0.586. The SMILES string of the molecule is CCCNC(c1ccc(OCCC)cc1)C(F)F. The molecule has 0 radical (unpaired) electrons. The maximum absolute atomic E-state index is 12.9. The number of benzene rings is 1. The Morgan fingerprint density at radius 3 is 2.28 bits per heavy atom. The minimum atomic E-state index is -2.40. The molecular formula is C14H21F2NO. The summed E-state index contributed by atoms with van der Waals surface area (Å²) in [6, 6.07) is 5.99. The molecule has 0 fully saturated rings. The molecule has 0 saturated carbocycles. The van der Waals surface area contributed by atoms with Crippen LogP contribution in [-0.2, 0) is 0 Å². The monoisotopic (exact) mass is 257 g/mol. The van der Waals surface area contributed by atoms with Gasteiger partial charge in [0.25, 0.3) is 6.43 Å². The van der Waals surface area contributed by atoms with E-state index in [1.165, 1.54) is 0 Å². The maximum Gasteiger partial charge on any atom is 0.257 e. The molecule has 0 heterocycles. The molecule has 1 unspecified atom stereocenters. The molecule has 4 heteroatoms. The van der Waals surface area contributed by atoms with Crippen molar-refractivity contribution >= 4 is 0 Å². The average molecular weight is 257 g/mol. The van der Waals surface area contributed by atoms with Gasteiger partial charge in [0.15, 0.2) is 0 Å². The molecule has 1 aromatic carbocycles. The van der Waals surface area contributed by atoms with Crippen molar-refractivity contribution < 1.29 is 13.5 Å². The molecule has 1 rings (SSSR count). The Morgan fingerprint density at radius 1 is 1.11 bits per heavy atom. The van der Waals surface area contributed by atoms with Crippen LogP contribution in [0.2, 0.25) is 0 Å². The summed E-state index contributed by atoms with van der Waals surface area (Å²) < 4.78 is 31.3. The zero-order valence-electron chi connectivity index (χ0n) is 11.0.